The number of nitrogens with zero attached hydrogens (tertiary/aromatic N) is 3. The van der Waals surface area contributed by atoms with E-state index >= 15 is 0 Å². The third-order valence-electron chi connectivity index (χ3n) is 1.80. The molecule has 0 aliphatic carbocycles. The fourth-order valence-corrected chi connectivity index (χ4v) is 1.02. The maximum absolute atomic E-state index is 9.49. The molecule has 0 bridgehead atoms. The van der Waals surface area contributed by atoms with Gasteiger partial charge in [0.1, 0.15) is 0 Å². The van der Waals surface area contributed by atoms with E-state index in [0.717, 1.165) is 6.42 Å². The van der Waals surface area contributed by atoms with Gasteiger partial charge in [-0.3, -0.25) is 0 Å². The minimum atomic E-state index is -1.03. The fraction of sp³-hybridized carbons (Fsp3) is 0.875. The largest absolute Gasteiger partial charge is 0.390 e. The molecule has 0 saturated carbocycles. The number of rotatable bonds is 6. The standard InChI is InChI=1S/C8H16N3O2/c1-3-5-6(10-11-9)8(13)7(12)4-2/h7-8,12-13H,3-5H2,1-2H3. The fourth-order valence-electron chi connectivity index (χ4n) is 1.02. The Hall–Kier alpha value is -0.770. The van der Waals surface area contributed by atoms with E-state index in [9.17, 15) is 10.2 Å². The Kier molecular flexibility index (Phi) is 6.32. The van der Waals surface area contributed by atoms with Crippen molar-refractivity contribution in [1.82, 2.24) is 0 Å². The van der Waals surface area contributed by atoms with Crippen LogP contribution in [0.1, 0.15) is 33.1 Å². The molecule has 0 heterocycles. The Morgan fingerprint density at radius 2 is 2.08 bits per heavy atom. The van der Waals surface area contributed by atoms with Gasteiger partial charge in [-0.25, -0.2) is 0 Å². The van der Waals surface area contributed by atoms with Crippen LogP contribution in [0.3, 0.4) is 0 Å². The van der Waals surface area contributed by atoms with Crippen molar-refractivity contribution in [1.29, 1.82) is 0 Å². The van der Waals surface area contributed by atoms with E-state index in [1.165, 1.54) is 0 Å². The lowest BCUT2D eigenvalue weighted by Gasteiger charge is -2.21. The van der Waals surface area contributed by atoms with Crippen molar-refractivity contribution in [2.75, 3.05) is 0 Å². The summed E-state index contributed by atoms with van der Waals surface area (Å²) in [5.74, 6) is 0. The highest BCUT2D eigenvalue weighted by Gasteiger charge is 2.23. The van der Waals surface area contributed by atoms with Crippen LogP contribution in [0, 0.1) is 6.04 Å². The normalized spacial score (nSPS) is 15.2. The molecule has 2 atom stereocenters. The minimum absolute atomic E-state index is 0.319. The monoisotopic (exact) mass is 186 g/mol. The van der Waals surface area contributed by atoms with E-state index in [0.29, 0.717) is 18.9 Å². The molecule has 2 unspecified atom stereocenters. The Bertz CT molecular complexity index is 180. The Morgan fingerprint density at radius 3 is 2.46 bits per heavy atom. The first-order valence-electron chi connectivity index (χ1n) is 4.44. The number of hydrogen-bond acceptors (Lipinski definition) is 3. The molecule has 0 spiro atoms. The van der Waals surface area contributed by atoms with Crippen LogP contribution in [-0.4, -0.2) is 22.4 Å². The maximum atomic E-state index is 9.49. The number of hydrogen-bond donors (Lipinski definition) is 2. The zero-order valence-electron chi connectivity index (χ0n) is 8.01. The van der Waals surface area contributed by atoms with Crippen molar-refractivity contribution in [3.63, 3.8) is 0 Å². The second kappa shape index (κ2) is 6.71. The molecule has 0 aliphatic rings. The van der Waals surface area contributed by atoms with Crippen molar-refractivity contribution in [2.24, 2.45) is 5.11 Å². The van der Waals surface area contributed by atoms with Crippen molar-refractivity contribution in [3.05, 3.63) is 16.5 Å². The van der Waals surface area contributed by atoms with Crippen LogP contribution in [0.5, 0.6) is 0 Å². The average molecular weight is 186 g/mol. The summed E-state index contributed by atoms with van der Waals surface area (Å²) in [5, 5.41) is 22.2. The Labute approximate surface area is 78.0 Å². The van der Waals surface area contributed by atoms with Gasteiger partial charge in [-0.15, -0.1) is 0 Å². The first-order valence-corrected chi connectivity index (χ1v) is 4.44. The summed E-state index contributed by atoms with van der Waals surface area (Å²) in [5.41, 5.74) is 8.21. The summed E-state index contributed by atoms with van der Waals surface area (Å²) in [6, 6.07) is 0.319. The smallest absolute Gasteiger partial charge is 0.0919 e. The van der Waals surface area contributed by atoms with Gasteiger partial charge in [0, 0.05) is 4.91 Å². The molecule has 1 radical (unpaired) electrons. The molecule has 0 aromatic heterocycles. The van der Waals surface area contributed by atoms with Crippen LogP contribution >= 0.6 is 0 Å². The zero-order valence-corrected chi connectivity index (χ0v) is 8.01. The summed E-state index contributed by atoms with van der Waals surface area (Å²) in [7, 11) is 0. The number of aliphatic hydroxyl groups excluding tert-OH is 2. The highest BCUT2D eigenvalue weighted by molar-refractivity contribution is 4.97. The highest BCUT2D eigenvalue weighted by Crippen LogP contribution is 2.19. The quantitative estimate of drug-likeness (QED) is 0.376. The highest BCUT2D eigenvalue weighted by atomic mass is 16.3. The molecule has 0 amide bonds. The molecule has 5 nitrogen and oxygen atoms in total. The van der Waals surface area contributed by atoms with Crippen LogP contribution < -0.4 is 0 Å². The zero-order chi connectivity index (χ0) is 10.3. The summed E-state index contributed by atoms with van der Waals surface area (Å²) in [6.45, 7) is 3.67. The van der Waals surface area contributed by atoms with Gasteiger partial charge in [-0.2, -0.15) is 0 Å². The molecule has 0 aromatic rings. The van der Waals surface area contributed by atoms with Crippen LogP contribution in [0.25, 0.3) is 10.4 Å². The lowest BCUT2D eigenvalue weighted by atomic mass is 10.0. The van der Waals surface area contributed by atoms with Gasteiger partial charge < -0.3 is 10.2 Å². The molecular weight excluding hydrogens is 170 g/mol. The van der Waals surface area contributed by atoms with E-state index < -0.39 is 12.2 Å². The van der Waals surface area contributed by atoms with E-state index in [-0.39, 0.29) is 0 Å². The van der Waals surface area contributed by atoms with Crippen LogP contribution in [0.15, 0.2) is 5.11 Å². The predicted octanol–water partition coefficient (Wildman–Crippen LogP) is 1.76. The summed E-state index contributed by atoms with van der Waals surface area (Å²) in [6.07, 6.45) is -0.132. The molecule has 0 rings (SSSR count). The number of azide groups is 1. The van der Waals surface area contributed by atoms with Crippen molar-refractivity contribution >= 4 is 0 Å². The van der Waals surface area contributed by atoms with Crippen molar-refractivity contribution in [3.8, 4) is 0 Å². The van der Waals surface area contributed by atoms with E-state index in [1.807, 2.05) is 6.92 Å². The third kappa shape index (κ3) is 4.12. The van der Waals surface area contributed by atoms with Gasteiger partial charge in [0.25, 0.3) is 0 Å². The van der Waals surface area contributed by atoms with Crippen LogP contribution in [0.2, 0.25) is 0 Å². The Morgan fingerprint density at radius 1 is 1.46 bits per heavy atom. The lowest BCUT2D eigenvalue weighted by Crippen LogP contribution is -2.30. The molecule has 2 N–H and O–H groups in total. The predicted molar refractivity (Wildman–Crippen MR) is 49.6 cm³/mol. The minimum Gasteiger partial charge on any atom is -0.390 e. The molecule has 75 valence electrons. The molecule has 5 heteroatoms. The van der Waals surface area contributed by atoms with Crippen molar-refractivity contribution < 1.29 is 10.2 Å². The van der Waals surface area contributed by atoms with Gasteiger partial charge >= 0.3 is 0 Å². The molecule has 0 fully saturated rings. The summed E-state index contributed by atoms with van der Waals surface area (Å²) < 4.78 is 0. The first kappa shape index (κ1) is 12.2. The van der Waals surface area contributed by atoms with Gasteiger partial charge in [0.2, 0.25) is 0 Å². The second-order valence-electron chi connectivity index (χ2n) is 2.85. The van der Waals surface area contributed by atoms with E-state index in [4.69, 9.17) is 5.53 Å². The van der Waals surface area contributed by atoms with Gasteiger partial charge in [0.15, 0.2) is 0 Å². The summed E-state index contributed by atoms with van der Waals surface area (Å²) >= 11 is 0. The SMILES string of the molecule is CCC[C](N=[N+]=[N-])C(O)C(O)CC. The van der Waals surface area contributed by atoms with Crippen LogP contribution in [-0.2, 0) is 0 Å². The van der Waals surface area contributed by atoms with Crippen LogP contribution in [0.4, 0.5) is 0 Å². The third-order valence-corrected chi connectivity index (χ3v) is 1.80. The van der Waals surface area contributed by atoms with Gasteiger partial charge in [0.05, 0.1) is 18.2 Å². The number of aliphatic hydroxyl groups is 2. The first-order chi connectivity index (χ1) is 6.17. The van der Waals surface area contributed by atoms with Gasteiger partial charge in [-0.05, 0) is 18.4 Å². The molecular formula is C8H16N3O2. The lowest BCUT2D eigenvalue weighted by molar-refractivity contribution is 0.0231. The molecule has 0 aromatic carbocycles. The molecule has 0 aliphatic heterocycles. The van der Waals surface area contributed by atoms with Gasteiger partial charge in [-0.1, -0.05) is 25.4 Å². The van der Waals surface area contributed by atoms with E-state index in [1.54, 1.807) is 6.92 Å². The Balaban J connectivity index is 4.25. The topological polar surface area (TPSA) is 89.2 Å². The van der Waals surface area contributed by atoms with Crippen molar-refractivity contribution in [2.45, 2.75) is 45.3 Å². The van der Waals surface area contributed by atoms with E-state index in [2.05, 4.69) is 10.0 Å². The summed E-state index contributed by atoms with van der Waals surface area (Å²) in [4.78, 5) is 2.61. The molecule has 0 saturated heterocycles. The average Bonchev–Trinajstić information content (AvgIpc) is 2.15. The molecule has 13 heavy (non-hydrogen) atoms. The maximum Gasteiger partial charge on any atom is 0.0919 e. The second-order valence-corrected chi connectivity index (χ2v) is 2.85.